The Hall–Kier alpha value is -3.25. The fourth-order valence-corrected chi connectivity index (χ4v) is 4.02. The zero-order chi connectivity index (χ0) is 19.5. The Labute approximate surface area is 167 Å². The average Bonchev–Trinajstić information content (AvgIpc) is 3.36. The van der Waals surface area contributed by atoms with Crippen LogP contribution in [-0.2, 0) is 0 Å². The molecule has 1 N–H and O–H groups in total. The Bertz CT molecular complexity index is 1090. The minimum Gasteiger partial charge on any atom is -0.340 e. The SMILES string of the molecule is Cc1cc(C)n(-c2cccc(C(=O)N[C@@H](c3ccncc3)c3cccs3)c2)n1. The summed E-state index contributed by atoms with van der Waals surface area (Å²) in [4.78, 5) is 18.2. The van der Waals surface area contributed by atoms with Gasteiger partial charge in [-0.05, 0) is 67.3 Å². The van der Waals surface area contributed by atoms with E-state index in [9.17, 15) is 4.79 Å². The highest BCUT2D eigenvalue weighted by Gasteiger charge is 2.19. The number of aromatic nitrogens is 3. The number of hydrogen-bond donors (Lipinski definition) is 1. The number of nitrogens with zero attached hydrogens (tertiary/aromatic N) is 3. The number of carbonyl (C=O) groups excluding carboxylic acids is 1. The van der Waals surface area contributed by atoms with Gasteiger partial charge in [0.2, 0.25) is 0 Å². The predicted molar refractivity (Wildman–Crippen MR) is 111 cm³/mol. The number of pyridine rings is 1. The van der Waals surface area contributed by atoms with Crippen LogP contribution in [0.4, 0.5) is 0 Å². The summed E-state index contributed by atoms with van der Waals surface area (Å²) >= 11 is 1.62. The smallest absolute Gasteiger partial charge is 0.252 e. The zero-order valence-electron chi connectivity index (χ0n) is 15.7. The van der Waals surface area contributed by atoms with Crippen LogP contribution >= 0.6 is 11.3 Å². The van der Waals surface area contributed by atoms with E-state index in [1.54, 1.807) is 23.7 Å². The first kappa shape index (κ1) is 18.1. The molecule has 1 aromatic carbocycles. The quantitative estimate of drug-likeness (QED) is 0.549. The van der Waals surface area contributed by atoms with E-state index in [0.717, 1.165) is 27.5 Å². The molecule has 1 atom stereocenters. The molecule has 0 unspecified atom stereocenters. The highest BCUT2D eigenvalue weighted by molar-refractivity contribution is 7.10. The highest BCUT2D eigenvalue weighted by atomic mass is 32.1. The van der Waals surface area contributed by atoms with Crippen molar-refractivity contribution in [1.29, 1.82) is 0 Å². The van der Waals surface area contributed by atoms with Crippen LogP contribution in [0, 0.1) is 13.8 Å². The van der Waals surface area contributed by atoms with Crippen LogP contribution in [0.5, 0.6) is 0 Å². The van der Waals surface area contributed by atoms with Crippen molar-refractivity contribution in [2.45, 2.75) is 19.9 Å². The van der Waals surface area contributed by atoms with Crippen LogP contribution in [0.15, 0.2) is 72.4 Å². The molecule has 4 aromatic rings. The van der Waals surface area contributed by atoms with Gasteiger partial charge in [0, 0.05) is 28.5 Å². The van der Waals surface area contributed by atoms with E-state index >= 15 is 0 Å². The van der Waals surface area contributed by atoms with Gasteiger partial charge in [0.05, 0.1) is 17.4 Å². The van der Waals surface area contributed by atoms with Gasteiger partial charge in [-0.15, -0.1) is 11.3 Å². The first-order valence-corrected chi connectivity index (χ1v) is 9.87. The number of carbonyl (C=O) groups is 1. The van der Waals surface area contributed by atoms with Gasteiger partial charge in [-0.2, -0.15) is 5.10 Å². The summed E-state index contributed by atoms with van der Waals surface area (Å²) in [5.74, 6) is -0.126. The van der Waals surface area contributed by atoms with Crippen LogP contribution in [0.3, 0.4) is 0 Å². The molecular formula is C22H20N4OS. The monoisotopic (exact) mass is 388 g/mol. The highest BCUT2D eigenvalue weighted by Crippen LogP contribution is 2.26. The Morgan fingerprint density at radius 1 is 1.07 bits per heavy atom. The van der Waals surface area contributed by atoms with E-state index in [1.165, 1.54) is 0 Å². The van der Waals surface area contributed by atoms with Gasteiger partial charge in [0.25, 0.3) is 5.91 Å². The third kappa shape index (κ3) is 3.73. The van der Waals surface area contributed by atoms with Crippen molar-refractivity contribution < 1.29 is 4.79 Å². The van der Waals surface area contributed by atoms with E-state index in [-0.39, 0.29) is 11.9 Å². The lowest BCUT2D eigenvalue weighted by atomic mass is 10.1. The third-order valence-electron chi connectivity index (χ3n) is 4.51. The van der Waals surface area contributed by atoms with Crippen molar-refractivity contribution in [2.75, 3.05) is 0 Å². The Kier molecular flexibility index (Phi) is 5.04. The van der Waals surface area contributed by atoms with Gasteiger partial charge < -0.3 is 5.32 Å². The van der Waals surface area contributed by atoms with Crippen molar-refractivity contribution in [2.24, 2.45) is 0 Å². The van der Waals surface area contributed by atoms with Gasteiger partial charge in [-0.3, -0.25) is 9.78 Å². The number of amides is 1. The Balaban J connectivity index is 1.64. The van der Waals surface area contributed by atoms with Gasteiger partial charge in [0.1, 0.15) is 0 Å². The average molecular weight is 388 g/mol. The van der Waals surface area contributed by atoms with Crippen molar-refractivity contribution in [1.82, 2.24) is 20.1 Å². The lowest BCUT2D eigenvalue weighted by Crippen LogP contribution is -2.29. The number of nitrogens with one attached hydrogen (secondary N) is 1. The topological polar surface area (TPSA) is 59.8 Å². The summed E-state index contributed by atoms with van der Waals surface area (Å²) in [6, 6.07) is 17.2. The summed E-state index contributed by atoms with van der Waals surface area (Å²) in [5, 5.41) is 9.69. The molecule has 0 radical (unpaired) electrons. The van der Waals surface area contributed by atoms with Crippen LogP contribution in [0.1, 0.15) is 38.2 Å². The number of thiophene rings is 1. The minimum atomic E-state index is -0.215. The summed E-state index contributed by atoms with van der Waals surface area (Å²) in [6.45, 7) is 3.96. The maximum atomic E-state index is 13.0. The molecule has 0 spiro atoms. The molecule has 0 aliphatic carbocycles. The maximum Gasteiger partial charge on any atom is 0.252 e. The molecule has 5 nitrogen and oxygen atoms in total. The molecule has 6 heteroatoms. The summed E-state index contributed by atoms with van der Waals surface area (Å²) in [7, 11) is 0. The molecule has 28 heavy (non-hydrogen) atoms. The van der Waals surface area contributed by atoms with E-state index in [4.69, 9.17) is 0 Å². The number of aryl methyl sites for hydroxylation is 2. The van der Waals surface area contributed by atoms with Crippen molar-refractivity contribution in [3.8, 4) is 5.69 Å². The lowest BCUT2D eigenvalue weighted by Gasteiger charge is -2.18. The summed E-state index contributed by atoms with van der Waals surface area (Å²) in [5.41, 5.74) is 4.45. The molecule has 0 bridgehead atoms. The van der Waals surface area contributed by atoms with Gasteiger partial charge in [-0.25, -0.2) is 4.68 Å². The fourth-order valence-electron chi connectivity index (χ4n) is 3.21. The fraction of sp³-hybridized carbons (Fsp3) is 0.136. The molecule has 3 heterocycles. The first-order valence-electron chi connectivity index (χ1n) is 9.00. The Morgan fingerprint density at radius 3 is 2.57 bits per heavy atom. The van der Waals surface area contributed by atoms with Crippen LogP contribution in [0.25, 0.3) is 5.69 Å². The molecule has 0 saturated heterocycles. The standard InChI is InChI=1S/C22H20N4OS/c1-15-13-16(2)26(25-15)19-6-3-5-18(14-19)22(27)24-21(20-7-4-12-28-20)17-8-10-23-11-9-17/h3-14,21H,1-2H3,(H,24,27)/t21-/m0/s1. The van der Waals surface area contributed by atoms with Crippen molar-refractivity contribution in [3.05, 3.63) is 99.8 Å². The third-order valence-corrected chi connectivity index (χ3v) is 5.44. The molecule has 0 saturated carbocycles. The second-order valence-corrected chi connectivity index (χ2v) is 7.57. The molecule has 0 aliphatic rings. The number of benzene rings is 1. The van der Waals surface area contributed by atoms with Gasteiger partial charge >= 0.3 is 0 Å². The molecule has 3 aromatic heterocycles. The molecule has 140 valence electrons. The van der Waals surface area contributed by atoms with Gasteiger partial charge in [0.15, 0.2) is 0 Å². The first-order chi connectivity index (χ1) is 13.6. The minimum absolute atomic E-state index is 0.126. The van der Waals surface area contributed by atoms with Crippen LogP contribution < -0.4 is 5.32 Å². The van der Waals surface area contributed by atoms with E-state index in [0.29, 0.717) is 5.56 Å². The predicted octanol–water partition coefficient (Wildman–Crippen LogP) is 4.47. The lowest BCUT2D eigenvalue weighted by molar-refractivity contribution is 0.0943. The largest absolute Gasteiger partial charge is 0.340 e. The number of hydrogen-bond acceptors (Lipinski definition) is 4. The molecule has 0 fully saturated rings. The molecule has 0 aliphatic heterocycles. The van der Waals surface area contributed by atoms with Crippen LogP contribution in [0.2, 0.25) is 0 Å². The van der Waals surface area contributed by atoms with Crippen molar-refractivity contribution >= 4 is 17.2 Å². The van der Waals surface area contributed by atoms with Crippen molar-refractivity contribution in [3.63, 3.8) is 0 Å². The second-order valence-electron chi connectivity index (χ2n) is 6.59. The summed E-state index contributed by atoms with van der Waals surface area (Å²) < 4.78 is 1.85. The molecule has 4 rings (SSSR count). The Morgan fingerprint density at radius 2 is 1.89 bits per heavy atom. The zero-order valence-corrected chi connectivity index (χ0v) is 16.5. The molecular weight excluding hydrogens is 368 g/mol. The van der Waals surface area contributed by atoms with E-state index in [1.807, 2.05) is 78.5 Å². The normalized spacial score (nSPS) is 11.9. The van der Waals surface area contributed by atoms with Gasteiger partial charge in [-0.1, -0.05) is 12.1 Å². The molecule has 1 amide bonds. The number of rotatable bonds is 5. The van der Waals surface area contributed by atoms with E-state index in [2.05, 4.69) is 15.4 Å². The second kappa shape index (κ2) is 7.78. The summed E-state index contributed by atoms with van der Waals surface area (Å²) in [6.07, 6.45) is 3.48. The van der Waals surface area contributed by atoms with Crippen LogP contribution in [-0.4, -0.2) is 20.7 Å². The van der Waals surface area contributed by atoms with E-state index < -0.39 is 0 Å². The maximum absolute atomic E-state index is 13.0.